The van der Waals surface area contributed by atoms with Crippen molar-refractivity contribution in [3.63, 3.8) is 0 Å². The van der Waals surface area contributed by atoms with E-state index >= 15 is 0 Å². The maximum absolute atomic E-state index is 10.8. The van der Waals surface area contributed by atoms with E-state index in [4.69, 9.17) is 4.55 Å². The molecular formula is C21H36O3S. The molecule has 0 atom stereocenters. The van der Waals surface area contributed by atoms with E-state index in [1.807, 2.05) is 0 Å². The minimum atomic E-state index is -3.81. The molecule has 0 aliphatic carbocycles. The molecule has 0 fully saturated rings. The predicted octanol–water partition coefficient (Wildman–Crippen LogP) is 5.75. The Labute approximate surface area is 155 Å². The summed E-state index contributed by atoms with van der Waals surface area (Å²) in [6.07, 6.45) is 13.2. The van der Waals surface area contributed by atoms with E-state index in [1.165, 1.54) is 55.2 Å². The van der Waals surface area contributed by atoms with Crippen molar-refractivity contribution in [2.45, 2.75) is 90.9 Å². The fourth-order valence-electron chi connectivity index (χ4n) is 3.22. The molecule has 0 aromatic heterocycles. The van der Waals surface area contributed by atoms with Gasteiger partial charge in [-0.3, -0.25) is 4.55 Å². The molecule has 0 aliphatic heterocycles. The van der Waals surface area contributed by atoms with Crippen LogP contribution in [0.15, 0.2) is 18.2 Å². The molecule has 0 spiro atoms. The first kappa shape index (κ1) is 22.2. The highest BCUT2D eigenvalue weighted by Gasteiger charge is 2.05. The third-order valence-electron chi connectivity index (χ3n) is 4.62. The van der Waals surface area contributed by atoms with Gasteiger partial charge in [0.05, 0.1) is 5.75 Å². The zero-order valence-corrected chi connectivity index (χ0v) is 16.9. The Morgan fingerprint density at radius 2 is 1.08 bits per heavy atom. The molecule has 144 valence electrons. The summed E-state index contributed by atoms with van der Waals surface area (Å²) in [6.45, 7) is 4.47. The van der Waals surface area contributed by atoms with Crippen molar-refractivity contribution in [3.05, 3.63) is 34.9 Å². The molecule has 0 unspecified atom stereocenters. The summed E-state index contributed by atoms with van der Waals surface area (Å²) >= 11 is 0. The van der Waals surface area contributed by atoms with E-state index in [9.17, 15) is 8.42 Å². The quantitative estimate of drug-likeness (QED) is 0.336. The molecule has 1 rings (SSSR count). The van der Waals surface area contributed by atoms with Gasteiger partial charge in [0.25, 0.3) is 10.1 Å². The van der Waals surface area contributed by atoms with Crippen LogP contribution in [0.2, 0.25) is 0 Å². The second-order valence-electron chi connectivity index (χ2n) is 7.17. The monoisotopic (exact) mass is 368 g/mol. The number of benzene rings is 1. The van der Waals surface area contributed by atoms with E-state index in [-0.39, 0.29) is 5.75 Å². The molecule has 3 nitrogen and oxygen atoms in total. The van der Waals surface area contributed by atoms with Gasteiger partial charge in [-0.25, -0.2) is 0 Å². The lowest BCUT2D eigenvalue weighted by molar-refractivity contribution is 0.479. The average Bonchev–Trinajstić information content (AvgIpc) is 2.54. The lowest BCUT2D eigenvalue weighted by Crippen LogP contribution is -2.03. The van der Waals surface area contributed by atoms with Gasteiger partial charge in [-0.1, -0.05) is 64.2 Å². The average molecular weight is 369 g/mol. The Balaban J connectivity index is 2.58. The van der Waals surface area contributed by atoms with Gasteiger partial charge in [0.2, 0.25) is 0 Å². The number of rotatable bonds is 14. The van der Waals surface area contributed by atoms with Gasteiger partial charge < -0.3 is 0 Å². The fraction of sp³-hybridized carbons (Fsp3) is 0.714. The minimum Gasteiger partial charge on any atom is -0.286 e. The van der Waals surface area contributed by atoms with Gasteiger partial charge in [0.15, 0.2) is 0 Å². The van der Waals surface area contributed by atoms with Crippen molar-refractivity contribution < 1.29 is 13.0 Å². The summed E-state index contributed by atoms with van der Waals surface area (Å²) in [5.74, 6) is -0.119. The summed E-state index contributed by atoms with van der Waals surface area (Å²) in [4.78, 5) is 0. The maximum atomic E-state index is 10.8. The van der Waals surface area contributed by atoms with Gasteiger partial charge in [-0.05, 0) is 61.6 Å². The predicted molar refractivity (Wildman–Crippen MR) is 107 cm³/mol. The van der Waals surface area contributed by atoms with Crippen LogP contribution in [0.5, 0.6) is 0 Å². The van der Waals surface area contributed by atoms with Crippen molar-refractivity contribution in [2.75, 3.05) is 5.75 Å². The molecule has 25 heavy (non-hydrogen) atoms. The Hall–Kier alpha value is -0.870. The number of aryl methyl sites for hydroxylation is 3. The van der Waals surface area contributed by atoms with Crippen LogP contribution < -0.4 is 0 Å². The first-order valence-corrected chi connectivity index (χ1v) is 11.6. The molecule has 1 N–H and O–H groups in total. The van der Waals surface area contributed by atoms with Crippen molar-refractivity contribution >= 4 is 10.1 Å². The summed E-state index contributed by atoms with van der Waals surface area (Å²) in [5.41, 5.74) is 4.29. The molecule has 0 aliphatic rings. The van der Waals surface area contributed by atoms with E-state index in [1.54, 1.807) is 0 Å². The van der Waals surface area contributed by atoms with Crippen molar-refractivity contribution in [1.82, 2.24) is 0 Å². The smallest absolute Gasteiger partial charge is 0.264 e. The maximum Gasteiger partial charge on any atom is 0.264 e. The molecule has 0 amide bonds. The Morgan fingerprint density at radius 1 is 0.680 bits per heavy atom. The molecule has 0 bridgehead atoms. The van der Waals surface area contributed by atoms with Crippen molar-refractivity contribution in [1.29, 1.82) is 0 Å². The first-order chi connectivity index (χ1) is 11.9. The number of hydrogen-bond donors (Lipinski definition) is 1. The highest BCUT2D eigenvalue weighted by Crippen LogP contribution is 2.18. The highest BCUT2D eigenvalue weighted by atomic mass is 32.2. The molecule has 1 aromatic rings. The second-order valence-corrected chi connectivity index (χ2v) is 8.74. The third-order valence-corrected chi connectivity index (χ3v) is 5.42. The molecule has 0 heterocycles. The van der Waals surface area contributed by atoms with Gasteiger partial charge in [-0.2, -0.15) is 8.42 Å². The van der Waals surface area contributed by atoms with Crippen LogP contribution in [0.4, 0.5) is 0 Å². The Kier molecular flexibility index (Phi) is 11.1. The van der Waals surface area contributed by atoms with E-state index < -0.39 is 10.1 Å². The highest BCUT2D eigenvalue weighted by molar-refractivity contribution is 7.85. The van der Waals surface area contributed by atoms with E-state index in [0.29, 0.717) is 6.42 Å². The molecule has 0 radical (unpaired) electrons. The lowest BCUT2D eigenvalue weighted by Gasteiger charge is -2.10. The standard InChI is InChI=1S/C21H36O3S/c1-3-5-8-12-19-16-20(13-9-6-4-2)18-21(17-19)14-10-7-11-15-25(22,23)24/h16-18H,3-15H2,1-2H3,(H,22,23,24). The zero-order valence-electron chi connectivity index (χ0n) is 16.1. The molecule has 0 saturated heterocycles. The van der Waals surface area contributed by atoms with Crippen LogP contribution in [0, 0.1) is 0 Å². The summed E-state index contributed by atoms with van der Waals surface area (Å²) < 4.78 is 30.3. The largest absolute Gasteiger partial charge is 0.286 e. The van der Waals surface area contributed by atoms with Gasteiger partial charge in [0, 0.05) is 0 Å². The molecule has 0 saturated carbocycles. The summed E-state index contributed by atoms with van der Waals surface area (Å²) in [6, 6.07) is 7.05. The molecule has 4 heteroatoms. The van der Waals surface area contributed by atoms with Gasteiger partial charge in [0.1, 0.15) is 0 Å². The number of unbranched alkanes of at least 4 members (excludes halogenated alkanes) is 6. The summed E-state index contributed by atoms with van der Waals surface area (Å²) in [5, 5.41) is 0. The second kappa shape index (κ2) is 12.5. The zero-order chi connectivity index (χ0) is 18.5. The molecular weight excluding hydrogens is 332 g/mol. The topological polar surface area (TPSA) is 54.4 Å². The molecule has 1 aromatic carbocycles. The third kappa shape index (κ3) is 11.4. The minimum absolute atomic E-state index is 0.119. The van der Waals surface area contributed by atoms with Crippen LogP contribution in [0.1, 0.15) is 88.3 Å². The lowest BCUT2D eigenvalue weighted by atomic mass is 9.96. The van der Waals surface area contributed by atoms with Crippen LogP contribution in [0.3, 0.4) is 0 Å². The van der Waals surface area contributed by atoms with Crippen LogP contribution in [-0.2, 0) is 29.4 Å². The first-order valence-electron chi connectivity index (χ1n) is 10.0. The van der Waals surface area contributed by atoms with E-state index in [0.717, 1.165) is 32.1 Å². The van der Waals surface area contributed by atoms with Crippen LogP contribution in [0.25, 0.3) is 0 Å². The van der Waals surface area contributed by atoms with Crippen LogP contribution >= 0.6 is 0 Å². The van der Waals surface area contributed by atoms with E-state index in [2.05, 4.69) is 32.0 Å². The van der Waals surface area contributed by atoms with Crippen molar-refractivity contribution in [3.8, 4) is 0 Å². The number of hydrogen-bond acceptors (Lipinski definition) is 2. The van der Waals surface area contributed by atoms with Gasteiger partial charge >= 0.3 is 0 Å². The Morgan fingerprint density at radius 3 is 1.44 bits per heavy atom. The normalized spacial score (nSPS) is 11.8. The van der Waals surface area contributed by atoms with Gasteiger partial charge in [-0.15, -0.1) is 0 Å². The Bertz CT molecular complexity index is 551. The van der Waals surface area contributed by atoms with Crippen LogP contribution in [-0.4, -0.2) is 18.7 Å². The van der Waals surface area contributed by atoms with Crippen molar-refractivity contribution in [2.24, 2.45) is 0 Å². The SMILES string of the molecule is CCCCCc1cc(CCCCC)cc(CCCCCS(=O)(=O)O)c1. The summed E-state index contributed by atoms with van der Waals surface area (Å²) in [7, 11) is -3.81. The fourth-order valence-corrected chi connectivity index (χ4v) is 3.79.